The third kappa shape index (κ3) is 0.916. The first-order valence-electron chi connectivity index (χ1n) is 3.93. The maximum atomic E-state index is 12.4. The Bertz CT molecular complexity index is 403. The van der Waals surface area contributed by atoms with Crippen LogP contribution in [0.3, 0.4) is 0 Å². The summed E-state index contributed by atoms with van der Waals surface area (Å²) < 4.78 is 14.0. The largest absolute Gasteiger partial charge is 0.319 e. The summed E-state index contributed by atoms with van der Waals surface area (Å²) in [5, 5.41) is 1.13. The van der Waals surface area contributed by atoms with Crippen LogP contribution in [0.15, 0.2) is 30.5 Å². The van der Waals surface area contributed by atoms with E-state index in [2.05, 4.69) is 0 Å². The molecular formula is C10H10FN. The Morgan fingerprint density at radius 3 is 2.83 bits per heavy atom. The molecule has 0 saturated heterocycles. The predicted octanol–water partition coefficient (Wildman–Crippen LogP) is 2.88. The van der Waals surface area contributed by atoms with Gasteiger partial charge in [0, 0.05) is 11.6 Å². The molecule has 1 aromatic carbocycles. The summed E-state index contributed by atoms with van der Waals surface area (Å²) in [6.07, 6.45) is 1.84. The summed E-state index contributed by atoms with van der Waals surface area (Å²) in [7, 11) is 0. The van der Waals surface area contributed by atoms with Crippen molar-refractivity contribution in [3.05, 3.63) is 36.0 Å². The molecule has 2 heteroatoms. The first-order chi connectivity index (χ1) is 5.83. The van der Waals surface area contributed by atoms with E-state index in [1.165, 1.54) is 0 Å². The number of rotatable bonds is 1. The molecule has 0 fully saturated rings. The van der Waals surface area contributed by atoms with Crippen LogP contribution in [-0.2, 0) is 6.80 Å². The van der Waals surface area contributed by atoms with E-state index in [1.807, 2.05) is 37.4 Å². The normalized spacial score (nSPS) is 10.8. The number of benzene rings is 1. The third-order valence-corrected chi connectivity index (χ3v) is 2.12. The maximum Gasteiger partial charge on any atom is 0.165 e. The maximum absolute atomic E-state index is 12.4. The first kappa shape index (κ1) is 7.35. The zero-order valence-electron chi connectivity index (χ0n) is 6.92. The van der Waals surface area contributed by atoms with Gasteiger partial charge >= 0.3 is 0 Å². The second-order valence-electron chi connectivity index (χ2n) is 2.92. The number of nitrogens with zero attached hydrogens (tertiary/aromatic N) is 1. The zero-order chi connectivity index (χ0) is 8.55. The molecule has 62 valence electrons. The van der Waals surface area contributed by atoms with Crippen molar-refractivity contribution < 1.29 is 4.39 Å². The molecule has 0 N–H and O–H groups in total. The van der Waals surface area contributed by atoms with Gasteiger partial charge in [-0.15, -0.1) is 0 Å². The van der Waals surface area contributed by atoms with Gasteiger partial charge in [-0.2, -0.15) is 0 Å². The summed E-state index contributed by atoms with van der Waals surface area (Å²) in [6.45, 7) is 1.54. The van der Waals surface area contributed by atoms with Crippen LogP contribution in [0.2, 0.25) is 0 Å². The van der Waals surface area contributed by atoms with Crippen LogP contribution in [0.25, 0.3) is 10.9 Å². The van der Waals surface area contributed by atoms with Crippen molar-refractivity contribution >= 4 is 10.9 Å². The van der Waals surface area contributed by atoms with Crippen molar-refractivity contribution in [1.82, 2.24) is 4.57 Å². The van der Waals surface area contributed by atoms with E-state index in [-0.39, 0.29) is 0 Å². The second kappa shape index (κ2) is 2.63. The topological polar surface area (TPSA) is 4.93 Å². The van der Waals surface area contributed by atoms with E-state index >= 15 is 0 Å². The first-order valence-corrected chi connectivity index (χ1v) is 3.93. The summed E-state index contributed by atoms with van der Waals surface area (Å²) >= 11 is 0. The lowest BCUT2D eigenvalue weighted by Crippen LogP contribution is -1.88. The van der Waals surface area contributed by atoms with Gasteiger partial charge in [0.2, 0.25) is 0 Å². The highest BCUT2D eigenvalue weighted by atomic mass is 19.1. The minimum atomic E-state index is -0.450. The summed E-state index contributed by atoms with van der Waals surface area (Å²) in [6, 6.07) is 7.84. The fourth-order valence-electron chi connectivity index (χ4n) is 1.53. The number of aromatic nitrogens is 1. The predicted molar refractivity (Wildman–Crippen MR) is 47.8 cm³/mol. The van der Waals surface area contributed by atoms with Crippen LogP contribution < -0.4 is 0 Å². The Hall–Kier alpha value is -1.31. The highest BCUT2D eigenvalue weighted by Gasteiger charge is 2.02. The standard InChI is InChI=1S/C10H10FN/c1-8-6-12(7-11)10-5-3-2-4-9(8)10/h2-6H,7H2,1H3. The zero-order valence-corrected chi connectivity index (χ0v) is 6.92. The van der Waals surface area contributed by atoms with Crippen LogP contribution in [-0.4, -0.2) is 4.57 Å². The molecule has 0 bridgehead atoms. The second-order valence-corrected chi connectivity index (χ2v) is 2.92. The molecule has 0 unspecified atom stereocenters. The molecule has 0 spiro atoms. The lowest BCUT2D eigenvalue weighted by atomic mass is 10.2. The van der Waals surface area contributed by atoms with Gasteiger partial charge in [0.15, 0.2) is 6.80 Å². The molecule has 0 aliphatic rings. The summed E-state index contributed by atoms with van der Waals surface area (Å²) in [5.74, 6) is 0. The number of aryl methyl sites for hydroxylation is 1. The Balaban J connectivity index is 2.82. The van der Waals surface area contributed by atoms with E-state index in [0.29, 0.717) is 0 Å². The van der Waals surface area contributed by atoms with Crippen molar-refractivity contribution in [2.45, 2.75) is 13.7 Å². The van der Waals surface area contributed by atoms with E-state index in [0.717, 1.165) is 16.5 Å². The molecule has 0 aliphatic heterocycles. The van der Waals surface area contributed by atoms with Crippen LogP contribution in [0, 0.1) is 6.92 Å². The molecule has 2 aromatic rings. The van der Waals surface area contributed by atoms with Gasteiger partial charge < -0.3 is 4.57 Å². The van der Waals surface area contributed by atoms with Crippen LogP contribution in [0.1, 0.15) is 5.56 Å². The van der Waals surface area contributed by atoms with E-state index in [1.54, 1.807) is 4.57 Å². The number of alkyl halides is 1. The lowest BCUT2D eigenvalue weighted by molar-refractivity contribution is 0.385. The van der Waals surface area contributed by atoms with Crippen LogP contribution in [0.5, 0.6) is 0 Å². The van der Waals surface area contributed by atoms with Gasteiger partial charge in [-0.25, -0.2) is 4.39 Å². The van der Waals surface area contributed by atoms with E-state index in [4.69, 9.17) is 0 Å². The summed E-state index contributed by atoms with van der Waals surface area (Å²) in [5.41, 5.74) is 2.10. The molecule has 1 aromatic heterocycles. The van der Waals surface area contributed by atoms with E-state index in [9.17, 15) is 4.39 Å². The molecule has 0 radical (unpaired) electrons. The molecule has 0 aliphatic carbocycles. The van der Waals surface area contributed by atoms with Gasteiger partial charge in [0.1, 0.15) is 0 Å². The van der Waals surface area contributed by atoms with Crippen molar-refractivity contribution in [3.63, 3.8) is 0 Å². The monoisotopic (exact) mass is 163 g/mol. The number of para-hydroxylation sites is 1. The quantitative estimate of drug-likeness (QED) is 0.609. The van der Waals surface area contributed by atoms with Crippen molar-refractivity contribution in [2.24, 2.45) is 0 Å². The Morgan fingerprint density at radius 1 is 1.33 bits per heavy atom. The van der Waals surface area contributed by atoms with Gasteiger partial charge in [0.05, 0.1) is 5.52 Å². The van der Waals surface area contributed by atoms with Gasteiger partial charge in [-0.1, -0.05) is 18.2 Å². The van der Waals surface area contributed by atoms with Crippen LogP contribution >= 0.6 is 0 Å². The Morgan fingerprint density at radius 2 is 2.08 bits per heavy atom. The van der Waals surface area contributed by atoms with Crippen molar-refractivity contribution in [2.75, 3.05) is 0 Å². The van der Waals surface area contributed by atoms with Crippen molar-refractivity contribution in [1.29, 1.82) is 0 Å². The molecule has 0 amide bonds. The average molecular weight is 163 g/mol. The van der Waals surface area contributed by atoms with Gasteiger partial charge in [-0.05, 0) is 18.6 Å². The molecule has 0 saturated carbocycles. The molecule has 2 rings (SSSR count). The molecular weight excluding hydrogens is 153 g/mol. The average Bonchev–Trinajstić information content (AvgIpc) is 2.44. The fraction of sp³-hybridized carbons (Fsp3) is 0.200. The van der Waals surface area contributed by atoms with Crippen molar-refractivity contribution in [3.8, 4) is 0 Å². The fourth-order valence-corrected chi connectivity index (χ4v) is 1.53. The minimum absolute atomic E-state index is 0.450. The summed E-state index contributed by atoms with van der Waals surface area (Å²) in [4.78, 5) is 0. The number of halogens is 1. The minimum Gasteiger partial charge on any atom is -0.319 e. The molecule has 12 heavy (non-hydrogen) atoms. The lowest BCUT2D eigenvalue weighted by Gasteiger charge is -1.95. The smallest absolute Gasteiger partial charge is 0.165 e. The third-order valence-electron chi connectivity index (χ3n) is 2.12. The van der Waals surface area contributed by atoms with E-state index < -0.39 is 6.80 Å². The van der Waals surface area contributed by atoms with Gasteiger partial charge in [-0.3, -0.25) is 0 Å². The highest BCUT2D eigenvalue weighted by molar-refractivity contribution is 5.83. The number of fused-ring (bicyclic) bond motifs is 1. The molecule has 0 atom stereocenters. The molecule has 1 nitrogen and oxygen atoms in total. The SMILES string of the molecule is Cc1cn(CF)c2ccccc12. The number of hydrogen-bond acceptors (Lipinski definition) is 0. The highest BCUT2D eigenvalue weighted by Crippen LogP contribution is 2.19. The number of hydrogen-bond donors (Lipinski definition) is 0. The Labute approximate surface area is 70.4 Å². The Kier molecular flexibility index (Phi) is 1.61. The molecule has 1 heterocycles. The van der Waals surface area contributed by atoms with Crippen LogP contribution in [0.4, 0.5) is 4.39 Å². The van der Waals surface area contributed by atoms with Gasteiger partial charge in [0.25, 0.3) is 0 Å².